The summed E-state index contributed by atoms with van der Waals surface area (Å²) >= 11 is 0. The molecule has 0 radical (unpaired) electrons. The lowest BCUT2D eigenvalue weighted by molar-refractivity contribution is 0.0186. The molecule has 1 rings (SSSR count). The molecule has 5 nitrogen and oxygen atoms in total. The van der Waals surface area contributed by atoms with Crippen LogP contribution >= 0.6 is 0 Å². The van der Waals surface area contributed by atoms with Crippen LogP contribution in [0.4, 0.5) is 0 Å². The standard InChI is InChI=1S/C8H18N4O/c1-6-3-2-4-8(6,13)5-11-7(9)12-10/h6,13H,2-5,10H2,1H3,(H3,9,11,12). The molecule has 0 aromatic carbocycles. The summed E-state index contributed by atoms with van der Waals surface area (Å²) in [7, 11) is 0. The molecule has 0 aromatic heterocycles. The van der Waals surface area contributed by atoms with E-state index in [-0.39, 0.29) is 5.96 Å². The normalized spacial score (nSPS) is 35.0. The predicted molar refractivity (Wildman–Crippen MR) is 51.8 cm³/mol. The van der Waals surface area contributed by atoms with Crippen molar-refractivity contribution in [2.24, 2.45) is 22.5 Å². The summed E-state index contributed by atoms with van der Waals surface area (Å²) in [6, 6.07) is 0. The monoisotopic (exact) mass is 186 g/mol. The number of rotatable bonds is 2. The smallest absolute Gasteiger partial charge is 0.203 e. The van der Waals surface area contributed by atoms with Gasteiger partial charge in [0.05, 0.1) is 12.1 Å². The van der Waals surface area contributed by atoms with E-state index in [1.165, 1.54) is 0 Å². The van der Waals surface area contributed by atoms with Gasteiger partial charge in [0.2, 0.25) is 5.96 Å². The quantitative estimate of drug-likeness (QED) is 0.199. The molecule has 13 heavy (non-hydrogen) atoms. The fourth-order valence-electron chi connectivity index (χ4n) is 1.73. The van der Waals surface area contributed by atoms with Gasteiger partial charge in [-0.15, -0.1) is 0 Å². The number of nitrogens with two attached hydrogens (primary N) is 2. The average molecular weight is 186 g/mol. The number of aliphatic imine (C=N–C) groups is 1. The zero-order chi connectivity index (χ0) is 9.90. The minimum Gasteiger partial charge on any atom is -0.388 e. The van der Waals surface area contributed by atoms with E-state index in [4.69, 9.17) is 11.6 Å². The van der Waals surface area contributed by atoms with Crippen LogP contribution in [0.3, 0.4) is 0 Å². The molecule has 1 aliphatic carbocycles. The third kappa shape index (κ3) is 2.32. The lowest BCUT2D eigenvalue weighted by Gasteiger charge is -2.25. The van der Waals surface area contributed by atoms with Crippen LogP contribution < -0.4 is 17.0 Å². The minimum absolute atomic E-state index is 0.174. The maximum absolute atomic E-state index is 10.1. The molecular formula is C8H18N4O. The molecule has 0 saturated heterocycles. The largest absolute Gasteiger partial charge is 0.388 e. The molecule has 1 fully saturated rings. The topological polar surface area (TPSA) is 96.7 Å². The maximum atomic E-state index is 10.1. The van der Waals surface area contributed by atoms with E-state index in [0.29, 0.717) is 12.5 Å². The third-order valence-corrected chi connectivity index (χ3v) is 2.84. The van der Waals surface area contributed by atoms with Crippen LogP contribution in [0, 0.1) is 5.92 Å². The first-order valence-corrected chi connectivity index (χ1v) is 4.57. The van der Waals surface area contributed by atoms with Crippen molar-refractivity contribution in [3.63, 3.8) is 0 Å². The molecule has 0 aliphatic heterocycles. The molecule has 1 saturated carbocycles. The van der Waals surface area contributed by atoms with Gasteiger partial charge in [-0.05, 0) is 18.8 Å². The van der Waals surface area contributed by atoms with Gasteiger partial charge in [-0.1, -0.05) is 13.3 Å². The molecule has 6 N–H and O–H groups in total. The van der Waals surface area contributed by atoms with E-state index in [1.54, 1.807) is 0 Å². The highest BCUT2D eigenvalue weighted by atomic mass is 16.3. The van der Waals surface area contributed by atoms with E-state index >= 15 is 0 Å². The van der Waals surface area contributed by atoms with Crippen molar-refractivity contribution < 1.29 is 5.11 Å². The Bertz CT molecular complexity index is 206. The highest BCUT2D eigenvalue weighted by Gasteiger charge is 2.37. The first-order chi connectivity index (χ1) is 6.08. The van der Waals surface area contributed by atoms with Gasteiger partial charge >= 0.3 is 0 Å². The van der Waals surface area contributed by atoms with Crippen LogP contribution in [0.15, 0.2) is 4.99 Å². The fraction of sp³-hybridized carbons (Fsp3) is 0.875. The lowest BCUT2D eigenvalue weighted by Crippen LogP contribution is -2.40. The Morgan fingerprint density at radius 3 is 2.92 bits per heavy atom. The summed E-state index contributed by atoms with van der Waals surface area (Å²) in [5.74, 6) is 5.51. The van der Waals surface area contributed by atoms with Gasteiger partial charge in [0, 0.05) is 0 Å². The Labute approximate surface area is 78.2 Å². The summed E-state index contributed by atoms with van der Waals surface area (Å²) in [5, 5.41) is 10.1. The molecule has 0 aromatic rings. The number of nitrogens with one attached hydrogen (secondary N) is 1. The highest BCUT2D eigenvalue weighted by molar-refractivity contribution is 5.77. The summed E-state index contributed by atoms with van der Waals surface area (Å²) in [6.07, 6.45) is 2.92. The zero-order valence-electron chi connectivity index (χ0n) is 7.95. The van der Waals surface area contributed by atoms with Crippen LogP contribution in [0.5, 0.6) is 0 Å². The van der Waals surface area contributed by atoms with Crippen LogP contribution in [0.2, 0.25) is 0 Å². The van der Waals surface area contributed by atoms with Gasteiger partial charge < -0.3 is 10.8 Å². The Morgan fingerprint density at radius 2 is 2.46 bits per heavy atom. The molecule has 1 aliphatic rings. The van der Waals surface area contributed by atoms with Crippen molar-refractivity contribution in [2.45, 2.75) is 31.8 Å². The minimum atomic E-state index is -0.679. The Hall–Kier alpha value is -0.810. The van der Waals surface area contributed by atoms with Crippen molar-refractivity contribution in [2.75, 3.05) is 6.54 Å². The van der Waals surface area contributed by atoms with Crippen molar-refractivity contribution in [3.8, 4) is 0 Å². The first-order valence-electron chi connectivity index (χ1n) is 4.57. The van der Waals surface area contributed by atoms with Gasteiger partial charge in [0.1, 0.15) is 0 Å². The molecular weight excluding hydrogens is 168 g/mol. The number of guanidine groups is 1. The van der Waals surface area contributed by atoms with Crippen LogP contribution in [0.1, 0.15) is 26.2 Å². The number of nitrogens with zero attached hydrogens (tertiary/aromatic N) is 1. The van der Waals surface area contributed by atoms with Crippen LogP contribution in [-0.2, 0) is 0 Å². The second-order valence-corrected chi connectivity index (χ2v) is 3.74. The molecule has 0 spiro atoms. The van der Waals surface area contributed by atoms with Crippen molar-refractivity contribution in [3.05, 3.63) is 0 Å². The van der Waals surface area contributed by atoms with Crippen molar-refractivity contribution >= 4 is 5.96 Å². The number of aliphatic hydroxyl groups is 1. The SMILES string of the molecule is CC1CCCC1(O)CN=C(N)NN. The van der Waals surface area contributed by atoms with Gasteiger partial charge in [-0.3, -0.25) is 5.43 Å². The number of hydrogen-bond donors (Lipinski definition) is 4. The first kappa shape index (κ1) is 10.3. The molecule has 2 unspecified atom stereocenters. The van der Waals surface area contributed by atoms with Gasteiger partial charge in [-0.2, -0.15) is 0 Å². The second-order valence-electron chi connectivity index (χ2n) is 3.74. The van der Waals surface area contributed by atoms with E-state index in [1.807, 2.05) is 6.92 Å². The molecule has 5 heteroatoms. The molecule has 76 valence electrons. The van der Waals surface area contributed by atoms with Gasteiger partial charge in [-0.25, -0.2) is 10.8 Å². The van der Waals surface area contributed by atoms with Crippen LogP contribution in [-0.4, -0.2) is 23.2 Å². The van der Waals surface area contributed by atoms with E-state index in [2.05, 4.69) is 10.4 Å². The summed E-state index contributed by atoms with van der Waals surface area (Å²) in [4.78, 5) is 3.96. The van der Waals surface area contributed by atoms with E-state index in [0.717, 1.165) is 19.3 Å². The van der Waals surface area contributed by atoms with E-state index < -0.39 is 5.60 Å². The molecule has 2 atom stereocenters. The summed E-state index contributed by atoms with van der Waals surface area (Å²) < 4.78 is 0. The average Bonchev–Trinajstić information content (AvgIpc) is 2.44. The predicted octanol–water partition coefficient (Wildman–Crippen LogP) is -0.684. The number of hydrazine groups is 1. The van der Waals surface area contributed by atoms with E-state index in [9.17, 15) is 5.11 Å². The van der Waals surface area contributed by atoms with Gasteiger partial charge in [0.15, 0.2) is 0 Å². The number of hydrogen-bond acceptors (Lipinski definition) is 3. The Kier molecular flexibility index (Phi) is 3.11. The highest BCUT2D eigenvalue weighted by Crippen LogP contribution is 2.35. The summed E-state index contributed by atoms with van der Waals surface area (Å²) in [5.41, 5.74) is 6.92. The lowest BCUT2D eigenvalue weighted by atomic mass is 9.93. The zero-order valence-corrected chi connectivity index (χ0v) is 7.95. The van der Waals surface area contributed by atoms with Crippen molar-refractivity contribution in [1.29, 1.82) is 0 Å². The maximum Gasteiger partial charge on any atom is 0.203 e. The molecule has 0 bridgehead atoms. The molecule has 0 amide bonds. The van der Waals surface area contributed by atoms with Gasteiger partial charge in [0.25, 0.3) is 0 Å². The van der Waals surface area contributed by atoms with Crippen LogP contribution in [0.25, 0.3) is 0 Å². The Balaban J connectivity index is 2.52. The third-order valence-electron chi connectivity index (χ3n) is 2.84. The second kappa shape index (κ2) is 3.93. The fourth-order valence-corrected chi connectivity index (χ4v) is 1.73. The van der Waals surface area contributed by atoms with Crippen molar-refractivity contribution in [1.82, 2.24) is 5.43 Å². The molecule has 0 heterocycles. The Morgan fingerprint density at radius 1 is 1.77 bits per heavy atom. The summed E-state index contributed by atoms with van der Waals surface area (Å²) in [6.45, 7) is 2.37.